The molecule has 2 aromatic heterocycles. The zero-order chi connectivity index (χ0) is 14.5. The van der Waals surface area contributed by atoms with Crippen LogP contribution in [-0.4, -0.2) is 41.6 Å². The van der Waals surface area contributed by atoms with Gasteiger partial charge in [0.2, 0.25) is 0 Å². The first-order chi connectivity index (χ1) is 10.3. The van der Waals surface area contributed by atoms with E-state index in [9.17, 15) is 0 Å². The van der Waals surface area contributed by atoms with Gasteiger partial charge in [-0.3, -0.25) is 9.88 Å². The Morgan fingerprint density at radius 1 is 1.29 bits per heavy atom. The molecule has 21 heavy (non-hydrogen) atoms. The van der Waals surface area contributed by atoms with E-state index < -0.39 is 0 Å². The molecule has 110 valence electrons. The third-order valence-corrected chi connectivity index (χ3v) is 3.62. The van der Waals surface area contributed by atoms with Crippen molar-refractivity contribution in [2.45, 2.75) is 12.6 Å². The molecule has 0 spiro atoms. The quantitative estimate of drug-likeness (QED) is 0.931. The standard InChI is InChI=1S/C16H20N4O/c1-17-16-7-4-6-14(19-16)15-12-20(9-10-21-15)11-13-5-2-3-8-18-13/h2-8,15H,9-12H2,1H3,(H,17,19)/t15-/m1/s1. The Labute approximate surface area is 125 Å². The topological polar surface area (TPSA) is 50.3 Å². The lowest BCUT2D eigenvalue weighted by Crippen LogP contribution is -2.38. The number of hydrogen-bond donors (Lipinski definition) is 1. The van der Waals surface area contributed by atoms with Crippen LogP contribution < -0.4 is 5.32 Å². The minimum Gasteiger partial charge on any atom is -0.373 e. The van der Waals surface area contributed by atoms with E-state index in [1.165, 1.54) is 0 Å². The summed E-state index contributed by atoms with van der Waals surface area (Å²) in [6, 6.07) is 12.0. The van der Waals surface area contributed by atoms with Crippen molar-refractivity contribution >= 4 is 5.82 Å². The Bertz CT molecular complexity index is 575. The fourth-order valence-corrected chi connectivity index (χ4v) is 2.52. The van der Waals surface area contributed by atoms with Crippen molar-refractivity contribution in [1.29, 1.82) is 0 Å². The summed E-state index contributed by atoms with van der Waals surface area (Å²) in [5.41, 5.74) is 2.07. The van der Waals surface area contributed by atoms with Gasteiger partial charge in [0, 0.05) is 32.9 Å². The molecule has 3 heterocycles. The molecule has 5 nitrogen and oxygen atoms in total. The SMILES string of the molecule is CNc1cccc([C@H]2CN(Cc3ccccn3)CCO2)n1. The van der Waals surface area contributed by atoms with Crippen LogP contribution in [0, 0.1) is 0 Å². The Balaban J connectivity index is 1.67. The number of nitrogens with one attached hydrogen (secondary N) is 1. The maximum Gasteiger partial charge on any atom is 0.126 e. The summed E-state index contributed by atoms with van der Waals surface area (Å²) in [6.07, 6.45) is 1.86. The van der Waals surface area contributed by atoms with Gasteiger partial charge in [-0.15, -0.1) is 0 Å². The average Bonchev–Trinajstić information content (AvgIpc) is 2.56. The summed E-state index contributed by atoms with van der Waals surface area (Å²) >= 11 is 0. The van der Waals surface area contributed by atoms with Gasteiger partial charge < -0.3 is 10.1 Å². The maximum absolute atomic E-state index is 5.88. The number of anilines is 1. The fraction of sp³-hybridized carbons (Fsp3) is 0.375. The molecule has 3 rings (SSSR count). The summed E-state index contributed by atoms with van der Waals surface area (Å²) in [5.74, 6) is 0.873. The lowest BCUT2D eigenvalue weighted by atomic mass is 10.1. The van der Waals surface area contributed by atoms with Crippen molar-refractivity contribution in [2.75, 3.05) is 32.1 Å². The van der Waals surface area contributed by atoms with Gasteiger partial charge in [0.25, 0.3) is 0 Å². The van der Waals surface area contributed by atoms with Gasteiger partial charge in [0.15, 0.2) is 0 Å². The molecule has 0 unspecified atom stereocenters. The third-order valence-electron chi connectivity index (χ3n) is 3.62. The molecule has 1 fully saturated rings. The van der Waals surface area contributed by atoms with Crippen LogP contribution >= 0.6 is 0 Å². The number of hydrogen-bond acceptors (Lipinski definition) is 5. The van der Waals surface area contributed by atoms with Crippen molar-refractivity contribution in [3.63, 3.8) is 0 Å². The first kappa shape index (κ1) is 14.0. The van der Waals surface area contributed by atoms with E-state index in [2.05, 4.69) is 26.3 Å². The first-order valence-corrected chi connectivity index (χ1v) is 7.24. The monoisotopic (exact) mass is 284 g/mol. The normalized spacial score (nSPS) is 19.4. The number of morpholine rings is 1. The van der Waals surface area contributed by atoms with Gasteiger partial charge >= 0.3 is 0 Å². The average molecular weight is 284 g/mol. The Morgan fingerprint density at radius 2 is 2.24 bits per heavy atom. The zero-order valence-corrected chi connectivity index (χ0v) is 12.2. The third kappa shape index (κ3) is 3.56. The highest BCUT2D eigenvalue weighted by Gasteiger charge is 2.23. The maximum atomic E-state index is 5.88. The second kappa shape index (κ2) is 6.65. The molecular formula is C16H20N4O. The first-order valence-electron chi connectivity index (χ1n) is 7.24. The van der Waals surface area contributed by atoms with Crippen LogP contribution in [0.1, 0.15) is 17.5 Å². The van der Waals surface area contributed by atoms with Crippen LogP contribution in [0.15, 0.2) is 42.6 Å². The Kier molecular flexibility index (Phi) is 4.43. The van der Waals surface area contributed by atoms with Gasteiger partial charge in [0.05, 0.1) is 18.0 Å². The Hall–Kier alpha value is -1.98. The molecule has 0 saturated carbocycles. The van der Waals surface area contributed by atoms with Crippen molar-refractivity contribution in [1.82, 2.24) is 14.9 Å². The van der Waals surface area contributed by atoms with Crippen molar-refractivity contribution in [3.8, 4) is 0 Å². The van der Waals surface area contributed by atoms with Crippen LogP contribution in [0.3, 0.4) is 0 Å². The van der Waals surface area contributed by atoms with Crippen LogP contribution in [0.4, 0.5) is 5.82 Å². The number of ether oxygens (including phenoxy) is 1. The van der Waals surface area contributed by atoms with Crippen LogP contribution in [0.5, 0.6) is 0 Å². The highest BCUT2D eigenvalue weighted by atomic mass is 16.5. The molecule has 0 aliphatic carbocycles. The molecule has 0 radical (unpaired) electrons. The molecular weight excluding hydrogens is 264 g/mol. The number of aromatic nitrogens is 2. The zero-order valence-electron chi connectivity index (χ0n) is 12.2. The van der Waals surface area contributed by atoms with E-state index in [1.807, 2.05) is 43.6 Å². The van der Waals surface area contributed by atoms with Crippen LogP contribution in [0.2, 0.25) is 0 Å². The fourth-order valence-electron chi connectivity index (χ4n) is 2.52. The minimum atomic E-state index is 0.0239. The van der Waals surface area contributed by atoms with Crippen LogP contribution in [-0.2, 0) is 11.3 Å². The highest BCUT2D eigenvalue weighted by molar-refractivity contribution is 5.34. The van der Waals surface area contributed by atoms with Gasteiger partial charge in [-0.05, 0) is 24.3 Å². The lowest BCUT2D eigenvalue weighted by Gasteiger charge is -2.32. The molecule has 2 aromatic rings. The van der Waals surface area contributed by atoms with Crippen molar-refractivity contribution in [3.05, 3.63) is 54.0 Å². The minimum absolute atomic E-state index is 0.0239. The van der Waals surface area contributed by atoms with E-state index in [-0.39, 0.29) is 6.10 Å². The highest BCUT2D eigenvalue weighted by Crippen LogP contribution is 2.22. The van der Waals surface area contributed by atoms with Crippen molar-refractivity contribution in [2.24, 2.45) is 0 Å². The van der Waals surface area contributed by atoms with E-state index in [0.717, 1.165) is 43.4 Å². The second-order valence-corrected chi connectivity index (χ2v) is 5.11. The van der Waals surface area contributed by atoms with E-state index in [0.29, 0.717) is 0 Å². The molecule has 1 aliphatic rings. The lowest BCUT2D eigenvalue weighted by molar-refractivity contribution is -0.0352. The summed E-state index contributed by atoms with van der Waals surface area (Å²) in [5, 5.41) is 3.07. The van der Waals surface area contributed by atoms with Gasteiger partial charge in [-0.2, -0.15) is 0 Å². The molecule has 1 N–H and O–H groups in total. The van der Waals surface area contributed by atoms with Gasteiger partial charge in [-0.25, -0.2) is 4.98 Å². The number of rotatable bonds is 4. The van der Waals surface area contributed by atoms with Gasteiger partial charge in [0.1, 0.15) is 11.9 Å². The largest absolute Gasteiger partial charge is 0.373 e. The Morgan fingerprint density at radius 3 is 3.05 bits per heavy atom. The number of nitrogens with zero attached hydrogens (tertiary/aromatic N) is 3. The molecule has 0 bridgehead atoms. The molecule has 0 aromatic carbocycles. The van der Waals surface area contributed by atoms with Crippen LogP contribution in [0.25, 0.3) is 0 Å². The molecule has 0 amide bonds. The van der Waals surface area contributed by atoms with E-state index >= 15 is 0 Å². The number of pyridine rings is 2. The second-order valence-electron chi connectivity index (χ2n) is 5.11. The van der Waals surface area contributed by atoms with E-state index in [1.54, 1.807) is 0 Å². The van der Waals surface area contributed by atoms with Crippen molar-refractivity contribution < 1.29 is 4.74 Å². The summed E-state index contributed by atoms with van der Waals surface area (Å²) in [7, 11) is 1.88. The molecule has 5 heteroatoms. The summed E-state index contributed by atoms with van der Waals surface area (Å²) < 4.78 is 5.88. The molecule has 1 aliphatic heterocycles. The molecule has 1 atom stereocenters. The predicted octanol–water partition coefficient (Wildman–Crippen LogP) is 2.09. The summed E-state index contributed by atoms with van der Waals surface area (Å²) in [4.78, 5) is 11.3. The predicted molar refractivity (Wildman–Crippen MR) is 82.0 cm³/mol. The summed E-state index contributed by atoms with van der Waals surface area (Å²) in [6.45, 7) is 3.35. The molecule has 1 saturated heterocycles. The smallest absolute Gasteiger partial charge is 0.126 e. The van der Waals surface area contributed by atoms with Gasteiger partial charge in [-0.1, -0.05) is 12.1 Å². The van der Waals surface area contributed by atoms with E-state index in [4.69, 9.17) is 4.74 Å².